The highest BCUT2D eigenvalue weighted by molar-refractivity contribution is 7.47. The molecule has 48 heavy (non-hydrogen) atoms. The fourth-order valence-electron chi connectivity index (χ4n) is 3.50. The van der Waals surface area contributed by atoms with Crippen LogP contribution in [-0.4, -0.2) is 158 Å². The quantitative estimate of drug-likeness (QED) is 0.0605. The van der Waals surface area contributed by atoms with Gasteiger partial charge in [-0.25, -0.2) is 27.4 Å². The van der Waals surface area contributed by atoms with E-state index in [1.165, 1.54) is 0 Å². The Bertz CT molecular complexity index is 1050. The molecule has 19 N–H and O–H groups in total. The van der Waals surface area contributed by atoms with E-state index in [4.69, 9.17) is 90.0 Å². The predicted molar refractivity (Wildman–Crippen MR) is 142 cm³/mol. The van der Waals surface area contributed by atoms with Crippen molar-refractivity contribution in [1.29, 1.82) is 0 Å². The second-order valence-electron chi connectivity index (χ2n) is 8.90. The van der Waals surface area contributed by atoms with Gasteiger partial charge in [-0.1, -0.05) is 0 Å². The number of phosphoric ester groups is 6. The molecule has 0 saturated heterocycles. The Balaban J connectivity index is 0.00000155. The molecule has 0 aromatic carbocycles. The van der Waals surface area contributed by atoms with Gasteiger partial charge in [0.1, 0.15) is 54.9 Å². The zero-order chi connectivity index (χ0) is 38.4. The van der Waals surface area contributed by atoms with Gasteiger partial charge in [0.05, 0.1) is 12.7 Å². The second-order valence-corrected chi connectivity index (χ2v) is 16.0. The lowest BCUT2D eigenvalue weighted by atomic mass is 9.85. The van der Waals surface area contributed by atoms with E-state index < -0.39 is 115 Å². The van der Waals surface area contributed by atoms with Crippen LogP contribution in [0.2, 0.25) is 0 Å². The number of hydrogen-bond donors (Lipinski definition) is 18. The van der Waals surface area contributed by atoms with Gasteiger partial charge in [-0.3, -0.25) is 27.1 Å². The second kappa shape index (κ2) is 18.4. The summed E-state index contributed by atoms with van der Waals surface area (Å²) in [6.45, 7) is -0.911. The van der Waals surface area contributed by atoms with Crippen LogP contribution in [0.25, 0.3) is 0 Å². The smallest absolute Gasteiger partial charge is 0.394 e. The molecule has 0 bridgehead atoms. The predicted octanol–water partition coefficient (Wildman–Crippen LogP) is -6.75. The molecule has 30 nitrogen and oxygen atoms in total. The molecule has 0 aromatic heterocycles. The maximum atomic E-state index is 11.4. The van der Waals surface area contributed by atoms with E-state index in [-0.39, 0.29) is 6.54 Å². The first-order valence-corrected chi connectivity index (χ1v) is 20.8. The van der Waals surface area contributed by atoms with Crippen molar-refractivity contribution in [3.05, 3.63) is 0 Å². The third-order valence-corrected chi connectivity index (χ3v) is 8.17. The molecular formula is C12H33NO29P6. The molecule has 4 atom stereocenters. The Hall–Kier alpha value is 0.420. The molecule has 290 valence electrons. The van der Waals surface area contributed by atoms with Gasteiger partial charge in [-0.05, 0) is 0 Å². The first-order chi connectivity index (χ1) is 21.1. The molecule has 1 saturated carbocycles. The average molecular weight is 841 g/mol. The van der Waals surface area contributed by atoms with Crippen LogP contribution < -0.4 is 5.73 Å². The van der Waals surface area contributed by atoms with Gasteiger partial charge in [0.2, 0.25) is 0 Å². The standard InChI is InChI=1S/C6H15NO5.C6H18O24P6/c7-1-3(9)5(11)6(12)4(10)2-8;7-31(8,9)25-1-2(26-32(10,11)12)4(28-34(16,17)18)6(30-36(22,23)24)5(29-35(19,20)21)3(1)27-33(13,14)15/h3-6,8-12H,1-2,7H2;1-6H,(H2,7,8,9)(H2,10,11,12)(H2,13,14,15)(H2,16,17,18)(H2,19,20,21)(H2,22,23,24)/t3-,4+,5+,6+;/m0./s1. The highest BCUT2D eigenvalue weighted by Gasteiger charge is 2.62. The fraction of sp³-hybridized carbons (Fsp3) is 1.00. The summed E-state index contributed by atoms with van der Waals surface area (Å²) in [5.74, 6) is 0. The Morgan fingerprint density at radius 1 is 0.417 bits per heavy atom. The van der Waals surface area contributed by atoms with E-state index in [0.717, 1.165) is 0 Å². The van der Waals surface area contributed by atoms with Crippen LogP contribution in [0.15, 0.2) is 0 Å². The summed E-state index contributed by atoms with van der Waals surface area (Å²) in [6, 6.07) is 0. The number of phosphoric acid groups is 6. The van der Waals surface area contributed by atoms with Crippen LogP contribution in [0, 0.1) is 0 Å². The van der Waals surface area contributed by atoms with Gasteiger partial charge in [0, 0.05) is 6.54 Å². The summed E-state index contributed by atoms with van der Waals surface area (Å²) in [4.78, 5) is 110. The molecule has 36 heteroatoms. The van der Waals surface area contributed by atoms with Crippen molar-refractivity contribution in [2.24, 2.45) is 5.73 Å². The molecule has 1 aliphatic rings. The van der Waals surface area contributed by atoms with Crippen LogP contribution in [0.3, 0.4) is 0 Å². The molecule has 1 aliphatic carbocycles. The van der Waals surface area contributed by atoms with Crippen molar-refractivity contribution in [3.63, 3.8) is 0 Å². The summed E-state index contributed by atoms with van der Waals surface area (Å²) in [5.41, 5.74) is 4.99. The van der Waals surface area contributed by atoms with Crippen LogP contribution in [0.4, 0.5) is 0 Å². The van der Waals surface area contributed by atoms with Crippen molar-refractivity contribution in [3.8, 4) is 0 Å². The average Bonchev–Trinajstić information content (AvgIpc) is 2.84. The Kier molecular flexibility index (Phi) is 18.6. The van der Waals surface area contributed by atoms with Crippen LogP contribution in [0.5, 0.6) is 0 Å². The maximum Gasteiger partial charge on any atom is 0.470 e. The highest BCUT2D eigenvalue weighted by atomic mass is 31.2. The van der Waals surface area contributed by atoms with E-state index in [0.29, 0.717) is 0 Å². The minimum absolute atomic E-state index is 0.226. The van der Waals surface area contributed by atoms with Crippen molar-refractivity contribution in [2.75, 3.05) is 13.2 Å². The van der Waals surface area contributed by atoms with Gasteiger partial charge in [-0.2, -0.15) is 0 Å². The van der Waals surface area contributed by atoms with Crippen LogP contribution in [-0.2, 0) is 54.5 Å². The Morgan fingerprint density at radius 3 is 0.708 bits per heavy atom. The zero-order valence-electron chi connectivity index (χ0n) is 22.9. The summed E-state index contributed by atoms with van der Waals surface area (Å²) in [6.07, 6.45) is -24.8. The summed E-state index contributed by atoms with van der Waals surface area (Å²) >= 11 is 0. The normalized spacial score (nSPS) is 27.4. The first kappa shape index (κ1) is 48.4. The van der Waals surface area contributed by atoms with Crippen molar-refractivity contribution < 1.29 is 139 Å². The lowest BCUT2D eigenvalue weighted by molar-refractivity contribution is -0.202. The lowest BCUT2D eigenvalue weighted by Gasteiger charge is -2.48. The Labute approximate surface area is 266 Å². The summed E-state index contributed by atoms with van der Waals surface area (Å²) < 4.78 is 93.1. The lowest BCUT2D eigenvalue weighted by Crippen LogP contribution is -2.66. The third-order valence-electron chi connectivity index (χ3n) is 5.06. The fourth-order valence-corrected chi connectivity index (χ4v) is 6.84. The van der Waals surface area contributed by atoms with E-state index in [1.807, 2.05) is 0 Å². The molecule has 0 amide bonds. The van der Waals surface area contributed by atoms with Crippen LogP contribution >= 0.6 is 46.9 Å². The maximum absolute atomic E-state index is 11.4. The van der Waals surface area contributed by atoms with Gasteiger partial charge in [0.15, 0.2) is 0 Å². The van der Waals surface area contributed by atoms with Crippen molar-refractivity contribution in [2.45, 2.75) is 61.0 Å². The van der Waals surface area contributed by atoms with E-state index in [1.54, 1.807) is 0 Å². The molecule has 0 aliphatic heterocycles. The number of aliphatic hydroxyl groups is 5. The number of rotatable bonds is 17. The summed E-state index contributed by atoms with van der Waals surface area (Å²) in [5, 5.41) is 44.2. The topological polar surface area (TPSA) is 528 Å². The molecular weight excluding hydrogens is 808 g/mol. The van der Waals surface area contributed by atoms with E-state index in [9.17, 15) is 27.4 Å². The molecule has 1 rings (SSSR count). The zero-order valence-corrected chi connectivity index (χ0v) is 28.3. The molecule has 1 fully saturated rings. The minimum Gasteiger partial charge on any atom is -0.394 e. The van der Waals surface area contributed by atoms with Gasteiger partial charge >= 0.3 is 46.9 Å². The Morgan fingerprint density at radius 2 is 0.583 bits per heavy atom. The number of hydrogen-bond acceptors (Lipinski definition) is 18. The third kappa shape index (κ3) is 19.3. The van der Waals surface area contributed by atoms with Crippen molar-refractivity contribution in [1.82, 2.24) is 0 Å². The molecule has 0 aromatic rings. The monoisotopic (exact) mass is 841 g/mol. The van der Waals surface area contributed by atoms with Gasteiger partial charge in [-0.15, -0.1) is 0 Å². The van der Waals surface area contributed by atoms with Gasteiger partial charge < -0.3 is 90.0 Å². The minimum atomic E-state index is -6.02. The van der Waals surface area contributed by atoms with Crippen LogP contribution in [0.1, 0.15) is 0 Å². The summed E-state index contributed by atoms with van der Waals surface area (Å²) in [7, 11) is -36.1. The molecule has 0 unspecified atom stereocenters. The molecule has 0 radical (unpaired) electrons. The SMILES string of the molecule is NC[C@H](O)[C@@H](O)[C@H](O)[C@H](O)CO.O=P(O)(O)OC1C(OP(=O)(O)O)C(OP(=O)(O)O)C(OP(=O)(O)O)C(OP(=O)(O)O)C1OP(=O)(O)O. The van der Waals surface area contributed by atoms with E-state index in [2.05, 4.69) is 27.1 Å². The van der Waals surface area contributed by atoms with Crippen molar-refractivity contribution >= 4 is 46.9 Å². The number of aliphatic hydroxyl groups excluding tert-OH is 5. The largest absolute Gasteiger partial charge is 0.470 e. The molecule has 0 spiro atoms. The number of nitrogens with two attached hydrogens (primary N) is 1. The van der Waals surface area contributed by atoms with E-state index >= 15 is 0 Å². The first-order valence-electron chi connectivity index (χ1n) is 11.6. The highest BCUT2D eigenvalue weighted by Crippen LogP contribution is 2.57. The van der Waals surface area contributed by atoms with Gasteiger partial charge in [0.25, 0.3) is 0 Å². The molecule has 0 heterocycles.